The van der Waals surface area contributed by atoms with Gasteiger partial charge < -0.3 is 26.2 Å². The number of hydrogen-bond acceptors (Lipinski definition) is 7. The van der Waals surface area contributed by atoms with Crippen LogP contribution in [-0.2, 0) is 32.1 Å². The van der Waals surface area contributed by atoms with E-state index in [9.17, 15) is 24.0 Å². The fraction of sp³-hybridized carbons (Fsp3) is 0.441. The number of aryl methyl sites for hydroxylation is 1. The Morgan fingerprint density at radius 2 is 1.57 bits per heavy atom. The van der Waals surface area contributed by atoms with Crippen molar-refractivity contribution in [1.29, 1.82) is 0 Å². The number of amides is 5. The Morgan fingerprint density at radius 1 is 0.894 bits per heavy atom. The molecule has 0 bridgehead atoms. The number of carbonyl (C=O) groups is 5. The van der Waals surface area contributed by atoms with Crippen molar-refractivity contribution in [2.75, 3.05) is 19.6 Å². The van der Waals surface area contributed by atoms with Gasteiger partial charge in [0, 0.05) is 38.0 Å². The molecule has 1 aliphatic rings. The summed E-state index contributed by atoms with van der Waals surface area (Å²) in [6, 6.07) is 15.6. The molecular formula is C34H44N8O5. The third-order valence-electron chi connectivity index (χ3n) is 7.87. The number of hydrogen-bond donors (Lipinski definition) is 4. The van der Waals surface area contributed by atoms with E-state index in [1.165, 1.54) is 4.68 Å². The van der Waals surface area contributed by atoms with Crippen molar-refractivity contribution in [3.63, 3.8) is 0 Å². The third-order valence-corrected chi connectivity index (χ3v) is 7.87. The predicted octanol–water partition coefficient (Wildman–Crippen LogP) is 1.68. The second-order valence-electron chi connectivity index (χ2n) is 12.1. The SMILES string of the molecule is Cc1nc2n(n1)CC(=O)NCCN(C(=O)c1ccccc1)CCCC(=O)N[C@@H](C)C(=O)N[C@H](Cc1ccccc1)C(=O)N[C@H]2C(C)C. The lowest BCUT2D eigenvalue weighted by atomic mass is 10.0. The van der Waals surface area contributed by atoms with E-state index in [1.807, 2.05) is 50.2 Å². The Labute approximate surface area is 274 Å². The van der Waals surface area contributed by atoms with Crippen LogP contribution in [0.5, 0.6) is 0 Å². The second-order valence-corrected chi connectivity index (χ2v) is 12.1. The van der Waals surface area contributed by atoms with Crippen LogP contribution in [-0.4, -0.2) is 80.9 Å². The molecule has 5 amide bonds. The van der Waals surface area contributed by atoms with Crippen LogP contribution in [0.3, 0.4) is 0 Å². The fourth-order valence-corrected chi connectivity index (χ4v) is 5.37. The van der Waals surface area contributed by atoms with Gasteiger partial charge in [-0.2, -0.15) is 5.10 Å². The highest BCUT2D eigenvalue weighted by atomic mass is 16.2. The zero-order valence-corrected chi connectivity index (χ0v) is 27.4. The lowest BCUT2D eigenvalue weighted by Gasteiger charge is -2.27. The molecule has 0 unspecified atom stereocenters. The Morgan fingerprint density at radius 3 is 2.26 bits per heavy atom. The molecule has 2 aromatic carbocycles. The highest BCUT2D eigenvalue weighted by molar-refractivity contribution is 5.94. The summed E-state index contributed by atoms with van der Waals surface area (Å²) in [5.74, 6) is -1.17. The van der Waals surface area contributed by atoms with Crippen molar-refractivity contribution < 1.29 is 24.0 Å². The number of rotatable bonds is 4. The summed E-state index contributed by atoms with van der Waals surface area (Å²) in [5, 5.41) is 15.9. The number of nitrogens with one attached hydrogen (secondary N) is 4. The molecule has 47 heavy (non-hydrogen) atoms. The minimum Gasteiger partial charge on any atom is -0.353 e. The maximum absolute atomic E-state index is 13.8. The summed E-state index contributed by atoms with van der Waals surface area (Å²) < 4.78 is 1.48. The first-order valence-corrected chi connectivity index (χ1v) is 16.0. The minimum atomic E-state index is -0.963. The molecule has 2 heterocycles. The maximum Gasteiger partial charge on any atom is 0.253 e. The molecule has 4 N–H and O–H groups in total. The fourth-order valence-electron chi connectivity index (χ4n) is 5.37. The lowest BCUT2D eigenvalue weighted by molar-refractivity contribution is -0.132. The molecule has 250 valence electrons. The van der Waals surface area contributed by atoms with Crippen LogP contribution < -0.4 is 21.3 Å². The van der Waals surface area contributed by atoms with Crippen molar-refractivity contribution in [1.82, 2.24) is 40.9 Å². The van der Waals surface area contributed by atoms with Crippen molar-refractivity contribution in [2.45, 2.75) is 71.6 Å². The predicted molar refractivity (Wildman–Crippen MR) is 175 cm³/mol. The smallest absolute Gasteiger partial charge is 0.253 e. The van der Waals surface area contributed by atoms with Gasteiger partial charge in [-0.05, 0) is 43.9 Å². The van der Waals surface area contributed by atoms with Crippen LogP contribution in [0.2, 0.25) is 0 Å². The van der Waals surface area contributed by atoms with Gasteiger partial charge in [-0.15, -0.1) is 0 Å². The average molecular weight is 645 g/mol. The minimum absolute atomic E-state index is 0.0704. The lowest BCUT2D eigenvalue weighted by Crippen LogP contribution is -2.54. The number of aromatic nitrogens is 3. The number of fused-ring (bicyclic) bond motifs is 1. The van der Waals surface area contributed by atoms with Gasteiger partial charge in [0.15, 0.2) is 5.82 Å². The molecule has 13 heteroatoms. The van der Waals surface area contributed by atoms with Gasteiger partial charge in [-0.1, -0.05) is 62.4 Å². The van der Waals surface area contributed by atoms with E-state index in [-0.39, 0.29) is 62.7 Å². The van der Waals surface area contributed by atoms with Gasteiger partial charge in [0.05, 0.1) is 6.04 Å². The molecule has 1 aliphatic heterocycles. The zero-order valence-electron chi connectivity index (χ0n) is 27.4. The molecule has 4 rings (SSSR count). The van der Waals surface area contributed by atoms with Crippen molar-refractivity contribution in [2.24, 2.45) is 5.92 Å². The molecule has 0 aliphatic carbocycles. The van der Waals surface area contributed by atoms with E-state index in [0.717, 1.165) is 5.56 Å². The second kappa shape index (κ2) is 16.5. The Balaban J connectivity index is 1.62. The highest BCUT2D eigenvalue weighted by Crippen LogP contribution is 2.21. The van der Waals surface area contributed by atoms with Crippen molar-refractivity contribution >= 4 is 29.5 Å². The van der Waals surface area contributed by atoms with Crippen LogP contribution in [0.4, 0.5) is 0 Å². The number of benzene rings is 2. The normalized spacial score (nSPS) is 20.8. The summed E-state index contributed by atoms with van der Waals surface area (Å²) in [7, 11) is 0. The first-order chi connectivity index (χ1) is 22.5. The monoisotopic (exact) mass is 644 g/mol. The van der Waals surface area contributed by atoms with Crippen molar-refractivity contribution in [3.8, 4) is 0 Å². The van der Waals surface area contributed by atoms with E-state index >= 15 is 0 Å². The molecule has 0 radical (unpaired) electrons. The van der Waals surface area contributed by atoms with E-state index < -0.39 is 29.9 Å². The number of nitrogens with zero attached hydrogens (tertiary/aromatic N) is 4. The topological polar surface area (TPSA) is 167 Å². The Kier molecular flexibility index (Phi) is 12.2. The summed E-state index contributed by atoms with van der Waals surface area (Å²) in [5.41, 5.74) is 1.34. The van der Waals surface area contributed by atoms with E-state index in [4.69, 9.17) is 0 Å². The van der Waals surface area contributed by atoms with E-state index in [1.54, 1.807) is 43.0 Å². The molecule has 0 spiro atoms. The molecule has 0 saturated heterocycles. The standard InChI is InChI=1S/C34H44N8O5/c1-22(2)30-31-37-24(4)40-42(31)21-29(44)35-17-19-41(34(47)26-14-9-6-10-15-26)18-11-16-28(43)36-23(3)32(45)38-27(33(46)39-30)20-25-12-7-5-8-13-25/h5-10,12-15,22-23,27,30H,11,16-21H2,1-4H3,(H,35,44)(H,36,43)(H,38,45)(H,39,46)/t23-,27+,30-/m0/s1. The zero-order chi connectivity index (χ0) is 33.9. The van der Waals surface area contributed by atoms with Crippen LogP contribution >= 0.6 is 0 Å². The van der Waals surface area contributed by atoms with E-state index in [2.05, 4.69) is 31.3 Å². The first-order valence-electron chi connectivity index (χ1n) is 16.0. The molecule has 3 atom stereocenters. The highest BCUT2D eigenvalue weighted by Gasteiger charge is 2.31. The van der Waals surface area contributed by atoms with Gasteiger partial charge in [-0.25, -0.2) is 9.67 Å². The quantitative estimate of drug-likeness (QED) is 0.335. The van der Waals surface area contributed by atoms with Gasteiger partial charge in [-0.3, -0.25) is 24.0 Å². The molecule has 0 saturated carbocycles. The average Bonchev–Trinajstić information content (AvgIpc) is 3.41. The van der Waals surface area contributed by atoms with Crippen LogP contribution in [0, 0.1) is 12.8 Å². The van der Waals surface area contributed by atoms with E-state index in [0.29, 0.717) is 23.6 Å². The summed E-state index contributed by atoms with van der Waals surface area (Å²) >= 11 is 0. The van der Waals surface area contributed by atoms with Crippen molar-refractivity contribution in [3.05, 3.63) is 83.4 Å². The van der Waals surface area contributed by atoms with Gasteiger partial charge in [0.1, 0.15) is 24.5 Å². The van der Waals surface area contributed by atoms with Crippen LogP contribution in [0.1, 0.15) is 67.2 Å². The first kappa shape index (κ1) is 34.8. The van der Waals surface area contributed by atoms with Crippen LogP contribution in [0.15, 0.2) is 60.7 Å². The summed E-state index contributed by atoms with van der Waals surface area (Å²) in [6.45, 7) is 7.61. The largest absolute Gasteiger partial charge is 0.353 e. The summed E-state index contributed by atoms with van der Waals surface area (Å²) in [6.07, 6.45) is 0.619. The van der Waals surface area contributed by atoms with Gasteiger partial charge in [0.2, 0.25) is 23.6 Å². The molecule has 1 aromatic heterocycles. The Bertz CT molecular complexity index is 1540. The molecule has 13 nitrogen and oxygen atoms in total. The number of carbonyl (C=O) groups excluding carboxylic acids is 5. The third kappa shape index (κ3) is 9.96. The molecular weight excluding hydrogens is 600 g/mol. The Hall–Kier alpha value is -5.07. The molecule has 3 aromatic rings. The molecule has 0 fully saturated rings. The summed E-state index contributed by atoms with van der Waals surface area (Å²) in [4.78, 5) is 72.5. The maximum atomic E-state index is 13.8. The van der Waals surface area contributed by atoms with Gasteiger partial charge >= 0.3 is 0 Å². The van der Waals surface area contributed by atoms with Gasteiger partial charge in [0.25, 0.3) is 5.91 Å². The van der Waals surface area contributed by atoms with Crippen LogP contribution in [0.25, 0.3) is 0 Å².